The van der Waals surface area contributed by atoms with E-state index >= 15 is 0 Å². The molecular weight excluding hydrogens is 256 g/mol. The molecule has 20 heavy (non-hydrogen) atoms. The number of rotatable bonds is 3. The molecule has 1 unspecified atom stereocenters. The van der Waals surface area contributed by atoms with E-state index in [1.807, 2.05) is 6.92 Å². The third-order valence-electron chi connectivity index (χ3n) is 3.98. The Balaban J connectivity index is 1.68. The van der Waals surface area contributed by atoms with E-state index < -0.39 is 11.6 Å². The third kappa shape index (κ3) is 2.59. The summed E-state index contributed by atoms with van der Waals surface area (Å²) in [4.78, 5) is 0. The monoisotopic (exact) mass is 273 g/mol. The van der Waals surface area contributed by atoms with Gasteiger partial charge in [-0.15, -0.1) is 0 Å². The predicted octanol–water partition coefficient (Wildman–Crippen LogP) is 3.78. The van der Waals surface area contributed by atoms with Crippen molar-refractivity contribution < 1.29 is 8.78 Å². The highest BCUT2D eigenvalue weighted by molar-refractivity contribution is 5.33. The highest BCUT2D eigenvalue weighted by Gasteiger charge is 2.22. The number of hydrogen-bond donors (Lipinski definition) is 1. The van der Waals surface area contributed by atoms with Gasteiger partial charge >= 0.3 is 0 Å². The molecule has 1 aliphatic carbocycles. The molecule has 0 aromatic heterocycles. The summed E-state index contributed by atoms with van der Waals surface area (Å²) >= 11 is 0. The summed E-state index contributed by atoms with van der Waals surface area (Å²) in [5, 5.41) is 3.50. The van der Waals surface area contributed by atoms with Gasteiger partial charge in [-0.2, -0.15) is 0 Å². The van der Waals surface area contributed by atoms with Gasteiger partial charge < -0.3 is 5.32 Å². The quantitative estimate of drug-likeness (QED) is 0.897. The molecule has 2 aromatic rings. The molecule has 0 fully saturated rings. The zero-order chi connectivity index (χ0) is 14.1. The normalized spacial score (nSPS) is 16.1. The van der Waals surface area contributed by atoms with Crippen molar-refractivity contribution in [1.82, 2.24) is 5.32 Å². The van der Waals surface area contributed by atoms with E-state index in [0.717, 1.165) is 18.4 Å². The van der Waals surface area contributed by atoms with Crippen molar-refractivity contribution >= 4 is 0 Å². The summed E-state index contributed by atoms with van der Waals surface area (Å²) in [5.41, 5.74) is 3.53. The molecule has 3 rings (SSSR count). The van der Waals surface area contributed by atoms with Crippen LogP contribution in [0.2, 0.25) is 0 Å². The first kappa shape index (κ1) is 13.3. The molecule has 0 bridgehead atoms. The van der Waals surface area contributed by atoms with Gasteiger partial charge in [0.2, 0.25) is 0 Å². The lowest BCUT2D eigenvalue weighted by Gasteiger charge is -2.19. The summed E-state index contributed by atoms with van der Waals surface area (Å²) in [6, 6.07) is 12.9. The molecule has 3 heteroatoms. The Hall–Kier alpha value is -1.74. The van der Waals surface area contributed by atoms with Gasteiger partial charge in [-0.3, -0.25) is 0 Å². The van der Waals surface area contributed by atoms with Crippen LogP contribution in [0.15, 0.2) is 42.5 Å². The average Bonchev–Trinajstić information content (AvgIpc) is 2.83. The van der Waals surface area contributed by atoms with Crippen LogP contribution in [-0.2, 0) is 12.8 Å². The topological polar surface area (TPSA) is 12.0 Å². The molecule has 0 heterocycles. The van der Waals surface area contributed by atoms with Crippen LogP contribution < -0.4 is 5.32 Å². The summed E-state index contributed by atoms with van der Waals surface area (Å²) < 4.78 is 26.2. The van der Waals surface area contributed by atoms with E-state index in [0.29, 0.717) is 6.04 Å². The van der Waals surface area contributed by atoms with Gasteiger partial charge in [0.05, 0.1) is 0 Å². The van der Waals surface area contributed by atoms with Crippen LogP contribution in [0.1, 0.15) is 29.7 Å². The smallest absolute Gasteiger partial charge is 0.159 e. The van der Waals surface area contributed by atoms with Crippen molar-refractivity contribution in [3.63, 3.8) is 0 Å². The number of halogens is 2. The van der Waals surface area contributed by atoms with Gasteiger partial charge in [0.1, 0.15) is 0 Å². The van der Waals surface area contributed by atoms with Gasteiger partial charge in [-0.1, -0.05) is 30.3 Å². The SMILES string of the molecule is CC(NC1Cc2ccccc2C1)c1ccc(F)c(F)c1. The van der Waals surface area contributed by atoms with Crippen molar-refractivity contribution in [2.24, 2.45) is 0 Å². The first-order valence-electron chi connectivity index (χ1n) is 6.91. The van der Waals surface area contributed by atoms with Crippen LogP contribution in [0.3, 0.4) is 0 Å². The Bertz CT molecular complexity index is 599. The van der Waals surface area contributed by atoms with E-state index in [2.05, 4.69) is 29.6 Å². The predicted molar refractivity (Wildman–Crippen MR) is 75.5 cm³/mol. The molecule has 1 N–H and O–H groups in total. The van der Waals surface area contributed by atoms with Crippen molar-refractivity contribution in [3.05, 3.63) is 70.8 Å². The zero-order valence-electron chi connectivity index (χ0n) is 11.4. The third-order valence-corrected chi connectivity index (χ3v) is 3.98. The highest BCUT2D eigenvalue weighted by Crippen LogP contribution is 2.24. The van der Waals surface area contributed by atoms with Crippen molar-refractivity contribution in [2.75, 3.05) is 0 Å². The van der Waals surface area contributed by atoms with Gasteiger partial charge in [-0.25, -0.2) is 8.78 Å². The second-order valence-electron chi connectivity index (χ2n) is 5.44. The summed E-state index contributed by atoms with van der Waals surface area (Å²) in [6.45, 7) is 1.98. The minimum Gasteiger partial charge on any atom is -0.307 e. The van der Waals surface area contributed by atoms with E-state index in [1.165, 1.54) is 23.3 Å². The molecule has 0 saturated carbocycles. The second-order valence-corrected chi connectivity index (χ2v) is 5.44. The van der Waals surface area contributed by atoms with E-state index in [4.69, 9.17) is 0 Å². The minimum absolute atomic E-state index is 0.00409. The molecule has 0 aliphatic heterocycles. The van der Waals surface area contributed by atoms with Crippen molar-refractivity contribution in [1.29, 1.82) is 0 Å². The minimum atomic E-state index is -0.797. The molecule has 0 amide bonds. The lowest BCUT2D eigenvalue weighted by Crippen LogP contribution is -2.32. The van der Waals surface area contributed by atoms with Gasteiger partial charge in [-0.05, 0) is 48.6 Å². The van der Waals surface area contributed by atoms with E-state index in [-0.39, 0.29) is 6.04 Å². The number of nitrogens with one attached hydrogen (secondary N) is 1. The summed E-state index contributed by atoms with van der Waals surface area (Å²) in [6.07, 6.45) is 1.98. The van der Waals surface area contributed by atoms with Gasteiger partial charge in [0.25, 0.3) is 0 Å². The Morgan fingerprint density at radius 2 is 1.65 bits per heavy atom. The molecule has 2 aromatic carbocycles. The van der Waals surface area contributed by atoms with Crippen LogP contribution in [0.4, 0.5) is 8.78 Å². The number of hydrogen-bond acceptors (Lipinski definition) is 1. The number of benzene rings is 2. The van der Waals surface area contributed by atoms with Crippen molar-refractivity contribution in [2.45, 2.75) is 31.8 Å². The van der Waals surface area contributed by atoms with Crippen LogP contribution in [-0.4, -0.2) is 6.04 Å². The van der Waals surface area contributed by atoms with Crippen LogP contribution in [0, 0.1) is 11.6 Å². The first-order valence-corrected chi connectivity index (χ1v) is 6.91. The summed E-state index contributed by atoms with van der Waals surface area (Å²) in [5.74, 6) is -1.58. The number of fused-ring (bicyclic) bond motifs is 1. The molecular formula is C17H17F2N. The Labute approximate surface area is 117 Å². The molecule has 0 spiro atoms. The highest BCUT2D eigenvalue weighted by atomic mass is 19.2. The fourth-order valence-corrected chi connectivity index (χ4v) is 2.91. The fourth-order valence-electron chi connectivity index (χ4n) is 2.91. The maximum Gasteiger partial charge on any atom is 0.159 e. The van der Waals surface area contributed by atoms with Crippen LogP contribution in [0.5, 0.6) is 0 Å². The molecule has 1 nitrogen and oxygen atoms in total. The van der Waals surface area contributed by atoms with Gasteiger partial charge in [0.15, 0.2) is 11.6 Å². The average molecular weight is 273 g/mol. The molecule has 1 atom stereocenters. The summed E-state index contributed by atoms with van der Waals surface area (Å²) in [7, 11) is 0. The van der Waals surface area contributed by atoms with Crippen LogP contribution in [0.25, 0.3) is 0 Å². The standard InChI is InChI=1S/C17H17F2N/c1-11(12-6-7-16(18)17(19)10-12)20-15-8-13-4-2-3-5-14(13)9-15/h2-7,10-11,15,20H,8-9H2,1H3. The van der Waals surface area contributed by atoms with E-state index in [1.54, 1.807) is 6.07 Å². The maximum atomic E-state index is 13.3. The largest absolute Gasteiger partial charge is 0.307 e. The second kappa shape index (κ2) is 5.33. The first-order chi connectivity index (χ1) is 9.63. The molecule has 104 valence electrons. The fraction of sp³-hybridized carbons (Fsp3) is 0.294. The Kier molecular flexibility index (Phi) is 3.53. The van der Waals surface area contributed by atoms with Crippen LogP contribution >= 0.6 is 0 Å². The van der Waals surface area contributed by atoms with Gasteiger partial charge in [0, 0.05) is 12.1 Å². The lowest BCUT2D eigenvalue weighted by molar-refractivity contribution is 0.460. The lowest BCUT2D eigenvalue weighted by atomic mass is 10.1. The Morgan fingerprint density at radius 1 is 1.00 bits per heavy atom. The molecule has 0 saturated heterocycles. The van der Waals surface area contributed by atoms with E-state index in [9.17, 15) is 8.78 Å². The Morgan fingerprint density at radius 3 is 2.25 bits per heavy atom. The molecule has 1 aliphatic rings. The maximum absolute atomic E-state index is 13.3. The molecule has 0 radical (unpaired) electrons. The zero-order valence-corrected chi connectivity index (χ0v) is 11.4. The van der Waals surface area contributed by atoms with Crippen molar-refractivity contribution in [3.8, 4) is 0 Å².